The maximum Gasteiger partial charge on any atom is 0.231 e. The van der Waals surface area contributed by atoms with Crippen molar-refractivity contribution in [3.05, 3.63) is 94.5 Å². The molecule has 5 nitrogen and oxygen atoms in total. The van der Waals surface area contributed by atoms with E-state index in [-0.39, 0.29) is 23.3 Å². The van der Waals surface area contributed by atoms with Gasteiger partial charge in [0, 0.05) is 25.0 Å². The van der Waals surface area contributed by atoms with Gasteiger partial charge in [-0.05, 0) is 61.7 Å². The van der Waals surface area contributed by atoms with Crippen LogP contribution in [-0.2, 0) is 6.54 Å². The topological polar surface area (TPSA) is 62.7 Å². The van der Waals surface area contributed by atoms with Gasteiger partial charge in [0.15, 0.2) is 5.76 Å². The molecule has 0 bridgehead atoms. The number of ketones is 1. The van der Waals surface area contributed by atoms with Crippen LogP contribution >= 0.6 is 0 Å². The van der Waals surface area contributed by atoms with Crippen molar-refractivity contribution in [3.8, 4) is 11.5 Å². The van der Waals surface area contributed by atoms with E-state index in [2.05, 4.69) is 16.0 Å². The molecule has 1 fully saturated rings. The van der Waals surface area contributed by atoms with Crippen molar-refractivity contribution in [2.75, 3.05) is 6.54 Å². The molecule has 162 valence electrons. The average Bonchev–Trinajstić information content (AvgIpc) is 3.13. The Kier molecular flexibility index (Phi) is 5.50. The summed E-state index contributed by atoms with van der Waals surface area (Å²) in [5.74, 6) is 0.773. The summed E-state index contributed by atoms with van der Waals surface area (Å²) >= 11 is 0. The third kappa shape index (κ3) is 3.92. The number of piperidine rings is 1. The number of nitrogens with zero attached hydrogens (tertiary/aromatic N) is 2. The largest absolute Gasteiger partial charge is 0.507 e. The molecule has 32 heavy (non-hydrogen) atoms. The first-order valence-corrected chi connectivity index (χ1v) is 11.1. The summed E-state index contributed by atoms with van der Waals surface area (Å²) in [6, 6.07) is 15.5. The fourth-order valence-corrected chi connectivity index (χ4v) is 4.60. The van der Waals surface area contributed by atoms with E-state index in [0.717, 1.165) is 36.9 Å². The minimum atomic E-state index is -0.149. The molecule has 0 saturated carbocycles. The van der Waals surface area contributed by atoms with Gasteiger partial charge in [0.1, 0.15) is 11.5 Å². The molecule has 0 radical (unpaired) electrons. The number of likely N-dealkylation sites (tertiary alicyclic amines) is 1. The number of pyridine rings is 1. The Labute approximate surface area is 188 Å². The van der Waals surface area contributed by atoms with Crippen LogP contribution in [0.1, 0.15) is 57.9 Å². The molecule has 5 heteroatoms. The molecular weight excluding hydrogens is 400 g/mol. The van der Waals surface area contributed by atoms with E-state index >= 15 is 0 Å². The number of hydrogen-bond donors (Lipinski definition) is 1. The van der Waals surface area contributed by atoms with E-state index in [9.17, 15) is 9.90 Å². The minimum Gasteiger partial charge on any atom is -0.507 e. The number of benzene rings is 2. The number of fused-ring (bicyclic) bond motifs is 1. The van der Waals surface area contributed by atoms with Gasteiger partial charge in [-0.1, -0.05) is 42.3 Å². The SMILES string of the molecule is Cc1ccc(/C=C2\Oc3c(ccc(O)c3CN3CCCC[C@H]3c3cccnc3)C2=O)cc1. The van der Waals surface area contributed by atoms with Gasteiger partial charge in [-0.2, -0.15) is 0 Å². The molecule has 0 aliphatic carbocycles. The number of allylic oxidation sites excluding steroid dienone is 1. The quantitative estimate of drug-likeness (QED) is 0.563. The molecule has 1 aromatic heterocycles. The van der Waals surface area contributed by atoms with E-state index in [1.807, 2.05) is 43.5 Å². The number of Topliss-reactive ketones (excluding diaryl/α,β-unsaturated/α-hetero) is 1. The summed E-state index contributed by atoms with van der Waals surface area (Å²) in [5, 5.41) is 10.7. The smallest absolute Gasteiger partial charge is 0.231 e. The van der Waals surface area contributed by atoms with Gasteiger partial charge < -0.3 is 9.84 Å². The highest BCUT2D eigenvalue weighted by molar-refractivity contribution is 6.15. The van der Waals surface area contributed by atoms with Gasteiger partial charge in [-0.15, -0.1) is 0 Å². The third-order valence-electron chi connectivity index (χ3n) is 6.34. The predicted molar refractivity (Wildman–Crippen MR) is 123 cm³/mol. The Hall–Kier alpha value is -3.44. The number of ether oxygens (including phenoxy) is 1. The van der Waals surface area contributed by atoms with Gasteiger partial charge in [-0.3, -0.25) is 14.7 Å². The maximum absolute atomic E-state index is 13.0. The normalized spacial score (nSPS) is 19.7. The van der Waals surface area contributed by atoms with Gasteiger partial charge in [-0.25, -0.2) is 0 Å². The Morgan fingerprint density at radius 3 is 2.78 bits per heavy atom. The first-order valence-electron chi connectivity index (χ1n) is 11.1. The monoisotopic (exact) mass is 426 g/mol. The number of aromatic nitrogens is 1. The molecule has 1 N–H and O–H groups in total. The summed E-state index contributed by atoms with van der Waals surface area (Å²) in [5.41, 5.74) is 4.41. The lowest BCUT2D eigenvalue weighted by Crippen LogP contribution is -2.33. The fourth-order valence-electron chi connectivity index (χ4n) is 4.60. The van der Waals surface area contributed by atoms with Crippen LogP contribution in [0.3, 0.4) is 0 Å². The molecule has 0 unspecified atom stereocenters. The van der Waals surface area contributed by atoms with Gasteiger partial charge in [0.05, 0.1) is 11.1 Å². The number of carbonyl (C=O) groups excluding carboxylic acids is 1. The van der Waals surface area contributed by atoms with E-state index in [1.54, 1.807) is 24.4 Å². The number of phenols is 1. The molecule has 2 aliphatic heterocycles. The molecule has 2 aliphatic rings. The molecule has 2 aromatic carbocycles. The van der Waals surface area contributed by atoms with E-state index in [0.29, 0.717) is 23.4 Å². The van der Waals surface area contributed by atoms with Crippen LogP contribution in [0.5, 0.6) is 11.5 Å². The summed E-state index contributed by atoms with van der Waals surface area (Å²) in [6.07, 6.45) is 8.77. The van der Waals surface area contributed by atoms with Crippen LogP contribution in [-0.4, -0.2) is 27.3 Å². The first-order chi connectivity index (χ1) is 15.6. The highest BCUT2D eigenvalue weighted by atomic mass is 16.5. The molecule has 1 saturated heterocycles. The minimum absolute atomic E-state index is 0.149. The van der Waals surface area contributed by atoms with E-state index in [4.69, 9.17) is 4.74 Å². The molecule has 5 rings (SSSR count). The van der Waals surface area contributed by atoms with Crippen LogP contribution < -0.4 is 4.74 Å². The Bertz CT molecular complexity index is 1170. The Balaban J connectivity index is 1.46. The maximum atomic E-state index is 13.0. The van der Waals surface area contributed by atoms with Gasteiger partial charge >= 0.3 is 0 Å². The third-order valence-corrected chi connectivity index (χ3v) is 6.34. The summed E-state index contributed by atoms with van der Waals surface area (Å²) in [7, 11) is 0. The zero-order valence-electron chi connectivity index (χ0n) is 18.1. The van der Waals surface area contributed by atoms with Crippen molar-refractivity contribution in [1.82, 2.24) is 9.88 Å². The highest BCUT2D eigenvalue weighted by Crippen LogP contribution is 2.42. The zero-order valence-corrected chi connectivity index (χ0v) is 18.1. The molecule has 3 heterocycles. The second-order valence-corrected chi connectivity index (χ2v) is 8.56. The second kappa shape index (κ2) is 8.60. The molecule has 0 amide bonds. The van der Waals surface area contributed by atoms with Gasteiger partial charge in [0.25, 0.3) is 0 Å². The standard InChI is InChI=1S/C27H26N2O3/c1-18-7-9-19(10-8-18)15-25-26(31)21-11-12-24(30)22(27(21)32-25)17-29-14-3-2-6-23(29)20-5-4-13-28-16-20/h4-5,7-13,15-16,23,30H,2-3,6,14,17H2,1H3/b25-15-/t23-/m0/s1. The molecule has 1 atom stereocenters. The number of aromatic hydroxyl groups is 1. The number of hydrogen-bond acceptors (Lipinski definition) is 5. The van der Waals surface area contributed by atoms with Crippen molar-refractivity contribution in [1.29, 1.82) is 0 Å². The fraction of sp³-hybridized carbons (Fsp3) is 0.259. The lowest BCUT2D eigenvalue weighted by molar-refractivity contribution is 0.101. The number of aryl methyl sites for hydroxylation is 1. The van der Waals surface area contributed by atoms with Crippen LogP contribution in [0.2, 0.25) is 0 Å². The lowest BCUT2D eigenvalue weighted by atomic mass is 9.95. The van der Waals surface area contributed by atoms with E-state index in [1.165, 1.54) is 5.56 Å². The lowest BCUT2D eigenvalue weighted by Gasteiger charge is -2.36. The molecular formula is C27H26N2O3. The van der Waals surface area contributed by atoms with Crippen LogP contribution in [0, 0.1) is 6.92 Å². The van der Waals surface area contributed by atoms with Crippen LogP contribution in [0.25, 0.3) is 6.08 Å². The van der Waals surface area contributed by atoms with Crippen molar-refractivity contribution in [3.63, 3.8) is 0 Å². The molecule has 3 aromatic rings. The van der Waals surface area contributed by atoms with Crippen LogP contribution in [0.4, 0.5) is 0 Å². The predicted octanol–water partition coefficient (Wildman–Crippen LogP) is 5.44. The first kappa shape index (κ1) is 20.5. The molecule has 0 spiro atoms. The highest BCUT2D eigenvalue weighted by Gasteiger charge is 2.33. The van der Waals surface area contributed by atoms with Crippen molar-refractivity contribution in [2.24, 2.45) is 0 Å². The zero-order chi connectivity index (χ0) is 22.1. The van der Waals surface area contributed by atoms with Crippen molar-refractivity contribution >= 4 is 11.9 Å². The summed E-state index contributed by atoms with van der Waals surface area (Å²) < 4.78 is 6.06. The summed E-state index contributed by atoms with van der Waals surface area (Å²) in [4.78, 5) is 19.7. The van der Waals surface area contributed by atoms with Crippen molar-refractivity contribution < 1.29 is 14.6 Å². The average molecular weight is 427 g/mol. The Morgan fingerprint density at radius 2 is 2.00 bits per heavy atom. The number of phenolic OH excluding ortho intramolecular Hbond substituents is 1. The number of rotatable bonds is 4. The van der Waals surface area contributed by atoms with Crippen LogP contribution in [0.15, 0.2) is 66.7 Å². The number of carbonyl (C=O) groups is 1. The summed E-state index contributed by atoms with van der Waals surface area (Å²) in [6.45, 7) is 3.46. The van der Waals surface area contributed by atoms with Crippen molar-refractivity contribution in [2.45, 2.75) is 38.8 Å². The Morgan fingerprint density at radius 1 is 1.16 bits per heavy atom. The second-order valence-electron chi connectivity index (χ2n) is 8.56. The van der Waals surface area contributed by atoms with E-state index < -0.39 is 0 Å². The van der Waals surface area contributed by atoms with Gasteiger partial charge in [0.2, 0.25) is 5.78 Å².